The minimum absolute atomic E-state index is 0.0283. The molecule has 0 aromatic carbocycles. The van der Waals surface area contributed by atoms with E-state index in [2.05, 4.69) is 14.5 Å². The van der Waals surface area contributed by atoms with Gasteiger partial charge < -0.3 is 14.0 Å². The number of rotatable bonds is 7. The first-order chi connectivity index (χ1) is 9.10. The number of ether oxygens (including phenoxy) is 2. The maximum atomic E-state index is 11.3. The monoisotopic (exact) mass is 269 g/mol. The molecule has 0 aliphatic rings. The summed E-state index contributed by atoms with van der Waals surface area (Å²) in [4.78, 5) is 28.4. The molecule has 0 fully saturated rings. The maximum absolute atomic E-state index is 11.3. The maximum Gasteiger partial charge on any atom is 0.319 e. The number of imidazole rings is 1. The van der Waals surface area contributed by atoms with E-state index >= 15 is 0 Å². The largest absolute Gasteiger partial charge is 0.468 e. The van der Waals surface area contributed by atoms with Crippen LogP contribution >= 0.6 is 0 Å². The molecule has 1 aromatic heterocycles. The standard InChI is InChI=1S/C12H19N3O4/c1-4-15-9-13-5-10(15)6-14(7-11(16)18-2)8-12(17)19-3/h5,9H,4,6-8H2,1-3H3. The highest BCUT2D eigenvalue weighted by Crippen LogP contribution is 2.05. The lowest BCUT2D eigenvalue weighted by atomic mass is 10.3. The quantitative estimate of drug-likeness (QED) is 0.651. The molecule has 7 nitrogen and oxygen atoms in total. The van der Waals surface area contributed by atoms with Gasteiger partial charge in [0.05, 0.1) is 39.3 Å². The molecule has 1 heterocycles. The number of methoxy groups -OCH3 is 2. The van der Waals surface area contributed by atoms with Gasteiger partial charge in [-0.3, -0.25) is 14.5 Å². The highest BCUT2D eigenvalue weighted by molar-refractivity contribution is 5.74. The summed E-state index contributed by atoms with van der Waals surface area (Å²) in [7, 11) is 2.63. The first kappa shape index (κ1) is 15.2. The van der Waals surface area contributed by atoms with Gasteiger partial charge >= 0.3 is 11.9 Å². The van der Waals surface area contributed by atoms with Crippen LogP contribution in [0.4, 0.5) is 0 Å². The van der Waals surface area contributed by atoms with E-state index in [9.17, 15) is 9.59 Å². The molecule has 106 valence electrons. The van der Waals surface area contributed by atoms with Crippen molar-refractivity contribution < 1.29 is 19.1 Å². The zero-order valence-electron chi connectivity index (χ0n) is 11.5. The second-order valence-corrected chi connectivity index (χ2v) is 3.97. The van der Waals surface area contributed by atoms with E-state index in [0.29, 0.717) is 6.54 Å². The number of nitrogens with zero attached hydrogens (tertiary/aromatic N) is 3. The third kappa shape index (κ3) is 4.70. The van der Waals surface area contributed by atoms with Crippen LogP contribution in [-0.2, 0) is 32.2 Å². The van der Waals surface area contributed by atoms with Crippen molar-refractivity contribution >= 4 is 11.9 Å². The van der Waals surface area contributed by atoms with Crippen LogP contribution in [0.15, 0.2) is 12.5 Å². The van der Waals surface area contributed by atoms with Crippen LogP contribution in [0.2, 0.25) is 0 Å². The summed E-state index contributed by atoms with van der Waals surface area (Å²) in [5, 5.41) is 0. The second kappa shape index (κ2) is 7.52. The molecule has 0 saturated carbocycles. The van der Waals surface area contributed by atoms with Crippen molar-refractivity contribution in [2.24, 2.45) is 0 Å². The van der Waals surface area contributed by atoms with Gasteiger partial charge in [0, 0.05) is 19.3 Å². The van der Waals surface area contributed by atoms with E-state index in [1.807, 2.05) is 11.5 Å². The highest BCUT2D eigenvalue weighted by Gasteiger charge is 2.17. The van der Waals surface area contributed by atoms with Gasteiger partial charge in [-0.2, -0.15) is 0 Å². The van der Waals surface area contributed by atoms with Crippen molar-refractivity contribution in [1.29, 1.82) is 0 Å². The minimum Gasteiger partial charge on any atom is -0.468 e. The summed E-state index contributed by atoms with van der Waals surface area (Å²) in [6, 6.07) is 0. The summed E-state index contributed by atoms with van der Waals surface area (Å²) in [5.74, 6) is -0.794. The zero-order chi connectivity index (χ0) is 14.3. The topological polar surface area (TPSA) is 73.7 Å². The van der Waals surface area contributed by atoms with Crippen molar-refractivity contribution in [2.45, 2.75) is 20.0 Å². The zero-order valence-corrected chi connectivity index (χ0v) is 11.5. The molecule has 0 radical (unpaired) electrons. The van der Waals surface area contributed by atoms with Gasteiger partial charge in [-0.05, 0) is 6.92 Å². The molecule has 1 rings (SSSR count). The molecule has 7 heteroatoms. The van der Waals surface area contributed by atoms with E-state index in [1.165, 1.54) is 14.2 Å². The van der Waals surface area contributed by atoms with Crippen LogP contribution < -0.4 is 0 Å². The van der Waals surface area contributed by atoms with Crippen molar-refractivity contribution in [1.82, 2.24) is 14.5 Å². The molecular weight excluding hydrogens is 250 g/mol. The molecular formula is C12H19N3O4. The lowest BCUT2D eigenvalue weighted by molar-refractivity contribution is -0.145. The molecule has 0 bridgehead atoms. The number of hydrogen-bond acceptors (Lipinski definition) is 6. The predicted molar refractivity (Wildman–Crippen MR) is 67.2 cm³/mol. The summed E-state index contributed by atoms with van der Waals surface area (Å²) < 4.78 is 11.2. The van der Waals surface area contributed by atoms with Gasteiger partial charge in [0.15, 0.2) is 0 Å². The minimum atomic E-state index is -0.397. The normalized spacial score (nSPS) is 10.5. The summed E-state index contributed by atoms with van der Waals surface area (Å²) in [5.41, 5.74) is 0.926. The summed E-state index contributed by atoms with van der Waals surface area (Å²) >= 11 is 0. The average Bonchev–Trinajstić information content (AvgIpc) is 2.85. The van der Waals surface area contributed by atoms with Gasteiger partial charge in [0.2, 0.25) is 0 Å². The molecule has 0 amide bonds. The van der Waals surface area contributed by atoms with Crippen molar-refractivity contribution in [3.05, 3.63) is 18.2 Å². The molecule has 0 aliphatic carbocycles. The number of carbonyl (C=O) groups excluding carboxylic acids is 2. The van der Waals surface area contributed by atoms with Gasteiger partial charge in [-0.1, -0.05) is 0 Å². The Morgan fingerprint density at radius 1 is 1.26 bits per heavy atom. The number of carbonyl (C=O) groups is 2. The van der Waals surface area contributed by atoms with Gasteiger partial charge in [-0.25, -0.2) is 4.98 Å². The van der Waals surface area contributed by atoms with E-state index in [4.69, 9.17) is 0 Å². The van der Waals surface area contributed by atoms with E-state index in [-0.39, 0.29) is 13.1 Å². The first-order valence-corrected chi connectivity index (χ1v) is 5.95. The number of hydrogen-bond donors (Lipinski definition) is 0. The van der Waals surface area contributed by atoms with Gasteiger partial charge in [-0.15, -0.1) is 0 Å². The Hall–Kier alpha value is -1.89. The summed E-state index contributed by atoms with van der Waals surface area (Å²) in [6.07, 6.45) is 3.43. The molecule has 0 atom stereocenters. The van der Waals surface area contributed by atoms with Crippen LogP contribution in [-0.4, -0.2) is 53.7 Å². The molecule has 19 heavy (non-hydrogen) atoms. The number of aryl methyl sites for hydroxylation is 1. The fraction of sp³-hybridized carbons (Fsp3) is 0.583. The van der Waals surface area contributed by atoms with Gasteiger partial charge in [0.25, 0.3) is 0 Å². The third-order valence-electron chi connectivity index (χ3n) is 2.69. The Balaban J connectivity index is 2.72. The van der Waals surface area contributed by atoms with Crippen molar-refractivity contribution in [3.63, 3.8) is 0 Å². The van der Waals surface area contributed by atoms with E-state index in [1.54, 1.807) is 17.4 Å². The van der Waals surface area contributed by atoms with Crippen LogP contribution in [0.5, 0.6) is 0 Å². The van der Waals surface area contributed by atoms with Crippen LogP contribution in [0.25, 0.3) is 0 Å². The molecule has 1 aromatic rings. The molecule has 0 N–H and O–H groups in total. The molecule has 0 saturated heterocycles. The Bertz CT molecular complexity index is 412. The Kier molecular flexibility index (Phi) is 6.01. The number of aromatic nitrogens is 2. The fourth-order valence-corrected chi connectivity index (χ4v) is 1.66. The predicted octanol–water partition coefficient (Wildman–Crippen LogP) is 0.0510. The Morgan fingerprint density at radius 3 is 2.32 bits per heavy atom. The number of esters is 2. The summed E-state index contributed by atoms with van der Waals surface area (Å²) in [6.45, 7) is 3.26. The van der Waals surface area contributed by atoms with Crippen molar-refractivity contribution in [2.75, 3.05) is 27.3 Å². The van der Waals surface area contributed by atoms with Gasteiger partial charge in [0.1, 0.15) is 0 Å². The first-order valence-electron chi connectivity index (χ1n) is 5.95. The lowest BCUT2D eigenvalue weighted by Crippen LogP contribution is -2.35. The third-order valence-corrected chi connectivity index (χ3v) is 2.69. The molecule has 0 unspecified atom stereocenters. The smallest absolute Gasteiger partial charge is 0.319 e. The van der Waals surface area contributed by atoms with Crippen LogP contribution in [0.1, 0.15) is 12.6 Å². The second-order valence-electron chi connectivity index (χ2n) is 3.97. The van der Waals surface area contributed by atoms with Crippen molar-refractivity contribution in [3.8, 4) is 0 Å². The Morgan fingerprint density at radius 2 is 1.84 bits per heavy atom. The van der Waals surface area contributed by atoms with E-state index in [0.717, 1.165) is 12.2 Å². The van der Waals surface area contributed by atoms with E-state index < -0.39 is 11.9 Å². The fourth-order valence-electron chi connectivity index (χ4n) is 1.66. The Labute approximate surface area is 112 Å². The van der Waals surface area contributed by atoms with Crippen LogP contribution in [0.3, 0.4) is 0 Å². The molecule has 0 spiro atoms. The highest BCUT2D eigenvalue weighted by atomic mass is 16.5. The SMILES string of the molecule is CCn1cncc1CN(CC(=O)OC)CC(=O)OC. The lowest BCUT2D eigenvalue weighted by Gasteiger charge is -2.20. The average molecular weight is 269 g/mol. The van der Waals surface area contributed by atoms with Crippen LogP contribution in [0, 0.1) is 0 Å². The molecule has 0 aliphatic heterocycles.